The topological polar surface area (TPSA) is 41.5 Å². The highest BCUT2D eigenvalue weighted by Gasteiger charge is 2.10. The maximum absolute atomic E-state index is 10.2. The van der Waals surface area contributed by atoms with Crippen molar-refractivity contribution in [3.8, 4) is 11.5 Å². The normalized spacial score (nSPS) is 10.3. The molecule has 0 aromatic heterocycles. The molecular weight excluding hydrogens is 286 g/mol. The first-order chi connectivity index (χ1) is 11.2. The van der Waals surface area contributed by atoms with Gasteiger partial charge >= 0.3 is 0 Å². The predicted molar refractivity (Wildman–Crippen MR) is 96.3 cm³/mol. The molecule has 0 saturated carbocycles. The number of anilines is 1. The van der Waals surface area contributed by atoms with E-state index < -0.39 is 0 Å². The summed E-state index contributed by atoms with van der Waals surface area (Å²) in [6.07, 6.45) is 3.44. The van der Waals surface area contributed by atoms with Crippen molar-refractivity contribution in [1.82, 2.24) is 0 Å². The summed E-state index contributed by atoms with van der Waals surface area (Å²) < 4.78 is 5.53. The van der Waals surface area contributed by atoms with Gasteiger partial charge in [0.15, 0.2) is 11.5 Å². The standard InChI is InChI=1S/C20H25NO2/c1-4-7-17-12-16(13-19(20(17)22)23-6-3)14-21-18-10-8-15(5-2)9-11-18/h4,8-13,21-22H,1,5-7,14H2,2-3H3. The summed E-state index contributed by atoms with van der Waals surface area (Å²) in [5.74, 6) is 0.743. The van der Waals surface area contributed by atoms with E-state index in [4.69, 9.17) is 4.74 Å². The van der Waals surface area contributed by atoms with Gasteiger partial charge in [0, 0.05) is 17.8 Å². The van der Waals surface area contributed by atoms with Crippen molar-refractivity contribution in [2.24, 2.45) is 0 Å². The van der Waals surface area contributed by atoms with Crippen LogP contribution in [0.2, 0.25) is 0 Å². The first-order valence-electron chi connectivity index (χ1n) is 8.09. The van der Waals surface area contributed by atoms with Gasteiger partial charge < -0.3 is 15.2 Å². The van der Waals surface area contributed by atoms with Gasteiger partial charge in [0.25, 0.3) is 0 Å². The minimum Gasteiger partial charge on any atom is -0.504 e. The first-order valence-corrected chi connectivity index (χ1v) is 8.09. The monoisotopic (exact) mass is 311 g/mol. The third-order valence-electron chi connectivity index (χ3n) is 3.74. The van der Waals surface area contributed by atoms with Crippen molar-refractivity contribution in [2.75, 3.05) is 11.9 Å². The molecule has 2 aromatic carbocycles. The molecule has 0 aliphatic rings. The van der Waals surface area contributed by atoms with Crippen LogP contribution in [0.25, 0.3) is 0 Å². The molecule has 0 unspecified atom stereocenters. The lowest BCUT2D eigenvalue weighted by molar-refractivity contribution is 0.316. The number of aryl methyl sites for hydroxylation is 1. The Morgan fingerprint density at radius 1 is 1.13 bits per heavy atom. The van der Waals surface area contributed by atoms with E-state index in [1.54, 1.807) is 6.08 Å². The lowest BCUT2D eigenvalue weighted by atomic mass is 10.1. The number of ether oxygens (including phenoxy) is 1. The van der Waals surface area contributed by atoms with Gasteiger partial charge in [-0.1, -0.05) is 25.1 Å². The van der Waals surface area contributed by atoms with Crippen LogP contribution >= 0.6 is 0 Å². The van der Waals surface area contributed by atoms with Gasteiger partial charge in [0.05, 0.1) is 6.61 Å². The first kappa shape index (κ1) is 16.9. The zero-order valence-electron chi connectivity index (χ0n) is 13.9. The molecule has 0 spiro atoms. The Bertz CT molecular complexity index is 647. The number of allylic oxidation sites excluding steroid dienone is 1. The average molecular weight is 311 g/mol. The van der Waals surface area contributed by atoms with E-state index in [1.165, 1.54) is 5.56 Å². The van der Waals surface area contributed by atoms with Crippen LogP contribution in [0.4, 0.5) is 5.69 Å². The average Bonchev–Trinajstić information content (AvgIpc) is 2.57. The second-order valence-corrected chi connectivity index (χ2v) is 5.43. The molecule has 0 saturated heterocycles. The van der Waals surface area contributed by atoms with Crippen molar-refractivity contribution in [2.45, 2.75) is 33.2 Å². The van der Waals surface area contributed by atoms with E-state index in [2.05, 4.69) is 43.1 Å². The Kier molecular flexibility index (Phi) is 6.10. The van der Waals surface area contributed by atoms with Gasteiger partial charge in [-0.3, -0.25) is 0 Å². The van der Waals surface area contributed by atoms with E-state index in [0.29, 0.717) is 25.3 Å². The molecule has 0 radical (unpaired) electrons. The third kappa shape index (κ3) is 4.52. The minimum absolute atomic E-state index is 0.211. The zero-order chi connectivity index (χ0) is 16.7. The SMILES string of the molecule is C=CCc1cc(CNc2ccc(CC)cc2)cc(OCC)c1O. The number of hydrogen-bond acceptors (Lipinski definition) is 3. The summed E-state index contributed by atoms with van der Waals surface area (Å²) in [6.45, 7) is 9.00. The minimum atomic E-state index is 0.211. The Balaban J connectivity index is 2.15. The van der Waals surface area contributed by atoms with Gasteiger partial charge in [-0.15, -0.1) is 6.58 Å². The lowest BCUT2D eigenvalue weighted by Gasteiger charge is -2.14. The van der Waals surface area contributed by atoms with Gasteiger partial charge in [-0.2, -0.15) is 0 Å². The molecule has 122 valence electrons. The van der Waals surface area contributed by atoms with Crippen LogP contribution in [0.1, 0.15) is 30.5 Å². The van der Waals surface area contributed by atoms with E-state index >= 15 is 0 Å². The number of benzene rings is 2. The molecule has 3 heteroatoms. The number of phenols is 1. The van der Waals surface area contributed by atoms with Crippen LogP contribution in [0.3, 0.4) is 0 Å². The number of hydrogen-bond donors (Lipinski definition) is 2. The van der Waals surface area contributed by atoms with E-state index in [9.17, 15) is 5.11 Å². The summed E-state index contributed by atoms with van der Waals surface area (Å²) >= 11 is 0. The summed E-state index contributed by atoms with van der Waals surface area (Å²) in [6, 6.07) is 12.3. The van der Waals surface area contributed by atoms with E-state index in [0.717, 1.165) is 23.2 Å². The fraction of sp³-hybridized carbons (Fsp3) is 0.300. The quantitative estimate of drug-likeness (QED) is 0.695. The zero-order valence-corrected chi connectivity index (χ0v) is 13.9. The predicted octanol–water partition coefficient (Wildman–Crippen LogP) is 4.69. The molecule has 0 atom stereocenters. The van der Waals surface area contributed by atoms with Crippen LogP contribution in [-0.4, -0.2) is 11.7 Å². The van der Waals surface area contributed by atoms with Crippen molar-refractivity contribution < 1.29 is 9.84 Å². The van der Waals surface area contributed by atoms with Crippen LogP contribution in [-0.2, 0) is 19.4 Å². The summed E-state index contributed by atoms with van der Waals surface area (Å²) in [5, 5.41) is 13.6. The molecule has 2 aromatic rings. The van der Waals surface area contributed by atoms with Crippen LogP contribution in [0.5, 0.6) is 11.5 Å². The largest absolute Gasteiger partial charge is 0.504 e. The van der Waals surface area contributed by atoms with Gasteiger partial charge in [0.2, 0.25) is 0 Å². The van der Waals surface area contributed by atoms with Crippen LogP contribution in [0.15, 0.2) is 49.1 Å². The summed E-state index contributed by atoms with van der Waals surface area (Å²) in [7, 11) is 0. The molecule has 2 N–H and O–H groups in total. The molecule has 23 heavy (non-hydrogen) atoms. The molecule has 0 aliphatic heterocycles. The highest BCUT2D eigenvalue weighted by Crippen LogP contribution is 2.32. The van der Waals surface area contributed by atoms with Gasteiger partial charge in [0.1, 0.15) is 0 Å². The van der Waals surface area contributed by atoms with Crippen LogP contribution < -0.4 is 10.1 Å². The second-order valence-electron chi connectivity index (χ2n) is 5.43. The van der Waals surface area contributed by atoms with E-state index in [1.807, 2.05) is 19.1 Å². The maximum atomic E-state index is 10.2. The lowest BCUT2D eigenvalue weighted by Crippen LogP contribution is -2.02. The molecule has 0 aliphatic carbocycles. The van der Waals surface area contributed by atoms with Crippen molar-refractivity contribution >= 4 is 5.69 Å². The molecule has 2 rings (SSSR count). The van der Waals surface area contributed by atoms with Crippen LogP contribution in [0, 0.1) is 0 Å². The summed E-state index contributed by atoms with van der Waals surface area (Å²) in [4.78, 5) is 0. The van der Waals surface area contributed by atoms with Gasteiger partial charge in [-0.05, 0) is 55.2 Å². The molecule has 0 fully saturated rings. The van der Waals surface area contributed by atoms with Crippen molar-refractivity contribution in [3.63, 3.8) is 0 Å². The van der Waals surface area contributed by atoms with E-state index in [-0.39, 0.29) is 5.75 Å². The van der Waals surface area contributed by atoms with Crippen molar-refractivity contribution in [3.05, 3.63) is 65.7 Å². The number of aromatic hydroxyl groups is 1. The molecular formula is C20H25NO2. The fourth-order valence-electron chi connectivity index (χ4n) is 2.47. The Labute approximate surface area is 138 Å². The molecule has 3 nitrogen and oxygen atoms in total. The number of nitrogens with one attached hydrogen (secondary N) is 1. The number of phenolic OH excluding ortho intramolecular Hbond substituents is 1. The second kappa shape index (κ2) is 8.28. The van der Waals surface area contributed by atoms with Crippen molar-refractivity contribution in [1.29, 1.82) is 0 Å². The highest BCUT2D eigenvalue weighted by atomic mass is 16.5. The smallest absolute Gasteiger partial charge is 0.161 e. The Morgan fingerprint density at radius 2 is 1.87 bits per heavy atom. The third-order valence-corrected chi connectivity index (χ3v) is 3.74. The molecule has 0 bridgehead atoms. The fourth-order valence-corrected chi connectivity index (χ4v) is 2.47. The Morgan fingerprint density at radius 3 is 2.48 bits per heavy atom. The van der Waals surface area contributed by atoms with Gasteiger partial charge in [-0.25, -0.2) is 0 Å². The Hall–Kier alpha value is -2.42. The maximum Gasteiger partial charge on any atom is 0.161 e. The number of rotatable bonds is 8. The molecule has 0 amide bonds. The molecule has 0 heterocycles. The summed E-state index contributed by atoms with van der Waals surface area (Å²) in [5.41, 5.74) is 4.32. The highest BCUT2D eigenvalue weighted by molar-refractivity contribution is 5.51.